The van der Waals surface area contributed by atoms with Crippen LogP contribution in [0.5, 0.6) is 0 Å². The first kappa shape index (κ1) is 23.4. The normalized spacial score (nSPS) is 14.3. The van der Waals surface area contributed by atoms with Crippen molar-refractivity contribution >= 4 is 46.3 Å². The second kappa shape index (κ2) is 9.34. The number of ether oxygens (including phenoxy) is 1. The second-order valence-electron chi connectivity index (χ2n) is 8.87. The first-order chi connectivity index (χ1) is 16.9. The van der Waals surface area contributed by atoms with Crippen LogP contribution in [-0.4, -0.2) is 31.7 Å². The molecule has 176 valence electrons. The topological polar surface area (TPSA) is 92.3 Å². The zero-order valence-corrected chi connectivity index (χ0v) is 20.8. The predicted molar refractivity (Wildman–Crippen MR) is 137 cm³/mol. The van der Waals surface area contributed by atoms with Crippen LogP contribution >= 0.6 is 23.4 Å². The summed E-state index contributed by atoms with van der Waals surface area (Å²) < 4.78 is 7.88. The molecule has 0 fully saturated rings. The van der Waals surface area contributed by atoms with E-state index in [9.17, 15) is 10.1 Å². The molecule has 1 aliphatic heterocycles. The van der Waals surface area contributed by atoms with Crippen LogP contribution in [0.25, 0.3) is 5.65 Å². The molecule has 0 bridgehead atoms. The van der Waals surface area contributed by atoms with Gasteiger partial charge < -0.3 is 10.1 Å². The van der Waals surface area contributed by atoms with Crippen LogP contribution in [0.2, 0.25) is 5.02 Å². The van der Waals surface area contributed by atoms with Crippen molar-refractivity contribution in [2.24, 2.45) is 0 Å². The fraction of sp³-hybridized carbons (Fsp3) is 0.231. The number of pyridine rings is 1. The number of aromatic nitrogens is 3. The number of hydrogen-bond acceptors (Lipinski definition) is 7. The molecular weight excluding hydrogens is 482 g/mol. The zero-order valence-electron chi connectivity index (χ0n) is 19.2. The molecular formula is C26H22ClN5O2S. The van der Waals surface area contributed by atoms with E-state index < -0.39 is 5.60 Å². The molecule has 0 atom stereocenters. The fourth-order valence-electron chi connectivity index (χ4n) is 4.14. The summed E-state index contributed by atoms with van der Waals surface area (Å²) >= 11 is 7.22. The fourth-order valence-corrected chi connectivity index (χ4v) is 5.10. The Hall–Kier alpha value is -3.38. The highest BCUT2D eigenvalue weighted by Gasteiger charge is 2.33. The van der Waals surface area contributed by atoms with E-state index in [-0.39, 0.29) is 11.5 Å². The van der Waals surface area contributed by atoms with E-state index in [1.807, 2.05) is 48.6 Å². The molecule has 1 N–H and O–H groups in total. The summed E-state index contributed by atoms with van der Waals surface area (Å²) in [4.78, 5) is 12.8. The zero-order chi connectivity index (χ0) is 24.6. The Kier molecular flexibility index (Phi) is 6.24. The van der Waals surface area contributed by atoms with E-state index in [1.165, 1.54) is 11.8 Å². The Bertz CT molecular complexity index is 1460. The van der Waals surface area contributed by atoms with Crippen LogP contribution < -0.4 is 5.32 Å². The standard InChI is InChI=1S/C26H22ClN5O2S/c1-26(2)12-19-20(13-28)23(29-18-6-4-3-5-7-18)32-24(21(19)14-34-26)30-31-25(32)35-15-22(33)16-8-10-17(27)11-9-16/h3-11,29H,12,14-15H2,1-2H3. The molecule has 4 aromatic rings. The molecule has 0 unspecified atom stereocenters. The van der Waals surface area contributed by atoms with Gasteiger partial charge in [0.15, 0.2) is 16.6 Å². The summed E-state index contributed by atoms with van der Waals surface area (Å²) in [6.45, 7) is 4.36. The molecule has 0 spiro atoms. The highest BCUT2D eigenvalue weighted by Crippen LogP contribution is 2.38. The van der Waals surface area contributed by atoms with Crippen molar-refractivity contribution in [1.29, 1.82) is 5.26 Å². The van der Waals surface area contributed by atoms with E-state index in [0.29, 0.717) is 45.8 Å². The van der Waals surface area contributed by atoms with Crippen LogP contribution in [0, 0.1) is 11.3 Å². The lowest BCUT2D eigenvalue weighted by molar-refractivity contribution is -0.0397. The van der Waals surface area contributed by atoms with Gasteiger partial charge in [0.2, 0.25) is 0 Å². The Labute approximate surface area is 212 Å². The third-order valence-electron chi connectivity index (χ3n) is 5.89. The van der Waals surface area contributed by atoms with Crippen LogP contribution in [0.3, 0.4) is 0 Å². The average molecular weight is 504 g/mol. The van der Waals surface area contributed by atoms with Crippen LogP contribution in [-0.2, 0) is 17.8 Å². The van der Waals surface area contributed by atoms with Gasteiger partial charge >= 0.3 is 0 Å². The van der Waals surface area contributed by atoms with Gasteiger partial charge in [-0.25, -0.2) is 0 Å². The number of halogens is 1. The van der Waals surface area contributed by atoms with E-state index in [2.05, 4.69) is 21.6 Å². The van der Waals surface area contributed by atoms with Gasteiger partial charge in [0.05, 0.1) is 23.5 Å². The Morgan fingerprint density at radius 3 is 2.63 bits per heavy atom. The average Bonchev–Trinajstić information content (AvgIpc) is 3.27. The number of ketones is 1. The maximum Gasteiger partial charge on any atom is 0.197 e. The van der Waals surface area contributed by atoms with Crippen molar-refractivity contribution < 1.29 is 9.53 Å². The Morgan fingerprint density at radius 2 is 1.91 bits per heavy atom. The summed E-state index contributed by atoms with van der Waals surface area (Å²) in [7, 11) is 0. The maximum absolute atomic E-state index is 12.8. The van der Waals surface area contributed by atoms with Gasteiger partial charge in [-0.05, 0) is 55.8 Å². The number of hydrogen-bond donors (Lipinski definition) is 1. The van der Waals surface area contributed by atoms with E-state index in [4.69, 9.17) is 16.3 Å². The number of Topliss-reactive ketones (excluding diaryl/α,β-unsaturated/α-hetero) is 1. The van der Waals surface area contributed by atoms with Crippen molar-refractivity contribution in [3.63, 3.8) is 0 Å². The molecule has 35 heavy (non-hydrogen) atoms. The predicted octanol–water partition coefficient (Wildman–Crippen LogP) is 5.82. The molecule has 5 rings (SSSR count). The van der Waals surface area contributed by atoms with Gasteiger partial charge in [0.25, 0.3) is 0 Å². The molecule has 1 aliphatic rings. The molecule has 0 aliphatic carbocycles. The second-order valence-corrected chi connectivity index (χ2v) is 10.2. The summed E-state index contributed by atoms with van der Waals surface area (Å²) in [5.41, 5.74) is 3.91. The largest absolute Gasteiger partial charge is 0.370 e. The van der Waals surface area contributed by atoms with Crippen molar-refractivity contribution in [3.8, 4) is 6.07 Å². The number of carbonyl (C=O) groups excluding carboxylic acids is 1. The minimum atomic E-state index is -0.399. The van der Waals surface area contributed by atoms with E-state index >= 15 is 0 Å². The maximum atomic E-state index is 12.8. The molecule has 0 saturated carbocycles. The molecule has 0 amide bonds. The number of nitrogens with zero attached hydrogens (tertiary/aromatic N) is 4. The minimum absolute atomic E-state index is 0.0514. The smallest absolute Gasteiger partial charge is 0.197 e. The van der Waals surface area contributed by atoms with Gasteiger partial charge in [-0.3, -0.25) is 9.20 Å². The first-order valence-electron chi connectivity index (χ1n) is 11.1. The van der Waals surface area contributed by atoms with Crippen molar-refractivity contribution in [2.45, 2.75) is 37.6 Å². The number of nitrogens with one attached hydrogen (secondary N) is 1. The van der Waals surface area contributed by atoms with Gasteiger partial charge in [-0.1, -0.05) is 41.6 Å². The number of anilines is 2. The third kappa shape index (κ3) is 4.63. The Balaban J connectivity index is 1.60. The van der Waals surface area contributed by atoms with Crippen LogP contribution in [0.1, 0.15) is 40.9 Å². The van der Waals surface area contributed by atoms with Crippen molar-refractivity contribution in [2.75, 3.05) is 11.1 Å². The molecule has 9 heteroatoms. The summed E-state index contributed by atoms with van der Waals surface area (Å²) in [5.74, 6) is 0.691. The number of fused-ring (bicyclic) bond motifs is 3. The van der Waals surface area contributed by atoms with Crippen LogP contribution in [0.4, 0.5) is 11.5 Å². The summed E-state index contributed by atoms with van der Waals surface area (Å²) in [6.07, 6.45) is 0.579. The van der Waals surface area contributed by atoms with E-state index in [1.54, 1.807) is 24.3 Å². The quantitative estimate of drug-likeness (QED) is 0.261. The number of para-hydroxylation sites is 1. The van der Waals surface area contributed by atoms with Crippen LogP contribution in [0.15, 0.2) is 59.8 Å². The lowest BCUT2D eigenvalue weighted by Gasteiger charge is -2.33. The monoisotopic (exact) mass is 503 g/mol. The molecule has 2 aromatic carbocycles. The lowest BCUT2D eigenvalue weighted by Crippen LogP contribution is -2.33. The number of benzene rings is 2. The molecule has 0 radical (unpaired) electrons. The van der Waals surface area contributed by atoms with E-state index in [0.717, 1.165) is 16.8 Å². The molecule has 3 heterocycles. The number of carbonyl (C=O) groups is 1. The molecule has 2 aromatic heterocycles. The SMILES string of the molecule is CC1(C)Cc2c(C#N)c(Nc3ccccc3)n3c(SCC(=O)c4ccc(Cl)cc4)nnc3c2CO1. The van der Waals surface area contributed by atoms with Crippen molar-refractivity contribution in [1.82, 2.24) is 14.6 Å². The van der Waals surface area contributed by atoms with Gasteiger partial charge in [0, 0.05) is 28.3 Å². The Morgan fingerprint density at radius 1 is 1.17 bits per heavy atom. The number of thioether (sulfide) groups is 1. The number of rotatable bonds is 6. The number of nitriles is 1. The highest BCUT2D eigenvalue weighted by atomic mass is 35.5. The van der Waals surface area contributed by atoms with Gasteiger partial charge in [0.1, 0.15) is 11.9 Å². The first-order valence-corrected chi connectivity index (χ1v) is 12.4. The lowest BCUT2D eigenvalue weighted by atomic mass is 9.89. The van der Waals surface area contributed by atoms with Gasteiger partial charge in [-0.15, -0.1) is 10.2 Å². The molecule has 7 nitrogen and oxygen atoms in total. The van der Waals surface area contributed by atoms with Crippen molar-refractivity contribution in [3.05, 3.63) is 81.9 Å². The summed E-state index contributed by atoms with van der Waals surface area (Å²) in [5, 5.41) is 23.6. The third-order valence-corrected chi connectivity index (χ3v) is 7.07. The molecule has 0 saturated heterocycles. The summed E-state index contributed by atoms with van der Waals surface area (Å²) in [6, 6.07) is 18.9. The highest BCUT2D eigenvalue weighted by molar-refractivity contribution is 7.99. The van der Waals surface area contributed by atoms with Gasteiger partial charge in [-0.2, -0.15) is 5.26 Å². The minimum Gasteiger partial charge on any atom is -0.370 e.